The van der Waals surface area contributed by atoms with E-state index in [9.17, 15) is 8.42 Å². The van der Waals surface area contributed by atoms with Crippen molar-refractivity contribution in [2.24, 2.45) is 5.10 Å². The van der Waals surface area contributed by atoms with Crippen LogP contribution in [0.15, 0.2) is 69.2 Å². The lowest BCUT2D eigenvalue weighted by atomic mass is 10.2. The van der Waals surface area contributed by atoms with Gasteiger partial charge in [-0.15, -0.1) is 0 Å². The monoisotopic (exact) mass is 377 g/mol. The molecule has 3 aromatic rings. The standard InChI is InChI=1S/C15H12BrN3O2S/c16-12-5-7-13(8-6-12)22(20,21)19-18-10-11-9-17-15-4-2-1-3-14(11)15/h1-10,17,19H. The Hall–Kier alpha value is -2.12. The van der Waals surface area contributed by atoms with Gasteiger partial charge in [0.1, 0.15) is 0 Å². The van der Waals surface area contributed by atoms with Crippen molar-refractivity contribution in [1.82, 2.24) is 9.82 Å². The van der Waals surface area contributed by atoms with Crippen molar-refractivity contribution in [2.75, 3.05) is 0 Å². The van der Waals surface area contributed by atoms with Gasteiger partial charge >= 0.3 is 0 Å². The lowest BCUT2D eigenvalue weighted by Gasteiger charge is -2.02. The summed E-state index contributed by atoms with van der Waals surface area (Å²) in [7, 11) is -3.66. The number of sulfonamides is 1. The fraction of sp³-hybridized carbons (Fsp3) is 0. The van der Waals surface area contributed by atoms with E-state index in [1.54, 1.807) is 18.3 Å². The van der Waals surface area contributed by atoms with Crippen molar-refractivity contribution in [3.05, 3.63) is 64.8 Å². The zero-order chi connectivity index (χ0) is 15.6. The third kappa shape index (κ3) is 3.05. The van der Waals surface area contributed by atoms with E-state index in [0.29, 0.717) is 0 Å². The number of nitrogens with zero attached hydrogens (tertiary/aromatic N) is 1. The van der Waals surface area contributed by atoms with E-state index in [1.165, 1.54) is 18.3 Å². The second-order valence-corrected chi connectivity index (χ2v) is 7.17. The van der Waals surface area contributed by atoms with E-state index in [-0.39, 0.29) is 4.90 Å². The number of para-hydroxylation sites is 1. The molecule has 0 aliphatic rings. The molecule has 0 aliphatic carbocycles. The molecule has 0 unspecified atom stereocenters. The molecule has 0 saturated heterocycles. The summed E-state index contributed by atoms with van der Waals surface area (Å²) in [5, 5.41) is 4.82. The van der Waals surface area contributed by atoms with E-state index in [2.05, 4.69) is 30.8 Å². The van der Waals surface area contributed by atoms with Crippen LogP contribution in [-0.4, -0.2) is 19.6 Å². The average Bonchev–Trinajstić information content (AvgIpc) is 2.91. The molecule has 0 saturated carbocycles. The van der Waals surface area contributed by atoms with E-state index < -0.39 is 10.0 Å². The molecule has 0 bridgehead atoms. The predicted octanol–water partition coefficient (Wildman–Crippen LogP) is 3.24. The van der Waals surface area contributed by atoms with Crippen molar-refractivity contribution in [3.63, 3.8) is 0 Å². The molecule has 3 rings (SSSR count). The van der Waals surface area contributed by atoms with Gasteiger partial charge in [0.05, 0.1) is 11.1 Å². The van der Waals surface area contributed by atoms with Crippen molar-refractivity contribution in [1.29, 1.82) is 0 Å². The Balaban J connectivity index is 1.80. The summed E-state index contributed by atoms with van der Waals surface area (Å²) in [4.78, 5) is 5.47. The molecule has 1 aromatic heterocycles. The highest BCUT2D eigenvalue weighted by Crippen LogP contribution is 2.16. The number of fused-ring (bicyclic) bond motifs is 1. The highest BCUT2D eigenvalue weighted by molar-refractivity contribution is 9.10. The van der Waals surface area contributed by atoms with Gasteiger partial charge in [0.15, 0.2) is 0 Å². The molecule has 2 N–H and O–H groups in total. The Kier molecular flexibility index (Phi) is 4.00. The van der Waals surface area contributed by atoms with Gasteiger partial charge in [-0.1, -0.05) is 34.1 Å². The van der Waals surface area contributed by atoms with Gasteiger partial charge in [0.2, 0.25) is 0 Å². The Morgan fingerprint density at radius 1 is 1.09 bits per heavy atom. The molecule has 112 valence electrons. The van der Waals surface area contributed by atoms with Gasteiger partial charge in [-0.3, -0.25) is 0 Å². The lowest BCUT2D eigenvalue weighted by molar-refractivity contribution is 0.584. The first kappa shape index (κ1) is 14.8. The number of hydrogen-bond acceptors (Lipinski definition) is 3. The smallest absolute Gasteiger partial charge is 0.276 e. The molecule has 22 heavy (non-hydrogen) atoms. The number of halogens is 1. The van der Waals surface area contributed by atoms with E-state index in [4.69, 9.17) is 0 Å². The predicted molar refractivity (Wildman–Crippen MR) is 90.4 cm³/mol. The third-order valence-electron chi connectivity index (χ3n) is 3.12. The minimum Gasteiger partial charge on any atom is -0.361 e. The van der Waals surface area contributed by atoms with Gasteiger partial charge in [-0.05, 0) is 30.3 Å². The van der Waals surface area contributed by atoms with Crippen LogP contribution in [0.3, 0.4) is 0 Å². The zero-order valence-corrected chi connectivity index (χ0v) is 13.7. The highest BCUT2D eigenvalue weighted by Gasteiger charge is 2.12. The number of aromatic amines is 1. The first-order valence-electron chi connectivity index (χ1n) is 6.43. The SMILES string of the molecule is O=S(=O)(NN=Cc1c[nH]c2ccccc12)c1ccc(Br)cc1. The molecule has 0 spiro atoms. The first-order chi connectivity index (χ1) is 10.6. The average molecular weight is 378 g/mol. The summed E-state index contributed by atoms with van der Waals surface area (Å²) in [6, 6.07) is 14.1. The minimum absolute atomic E-state index is 0.159. The number of nitrogens with one attached hydrogen (secondary N) is 2. The number of aromatic nitrogens is 1. The zero-order valence-electron chi connectivity index (χ0n) is 11.3. The number of H-pyrrole nitrogens is 1. The summed E-state index contributed by atoms with van der Waals surface area (Å²) in [5.41, 5.74) is 1.79. The molecule has 2 aromatic carbocycles. The van der Waals surface area contributed by atoms with Crippen LogP contribution in [0.5, 0.6) is 0 Å². The fourth-order valence-corrected chi connectivity index (χ4v) is 3.09. The van der Waals surface area contributed by atoms with Gasteiger partial charge in [-0.25, -0.2) is 4.83 Å². The fourth-order valence-electron chi connectivity index (χ4n) is 2.03. The summed E-state index contributed by atoms with van der Waals surface area (Å²) in [6.07, 6.45) is 3.26. The number of hydrazone groups is 1. The van der Waals surface area contributed by atoms with Crippen LogP contribution in [0, 0.1) is 0 Å². The molecule has 0 atom stereocenters. The molecule has 0 fully saturated rings. The maximum atomic E-state index is 12.1. The maximum absolute atomic E-state index is 12.1. The van der Waals surface area contributed by atoms with E-state index in [0.717, 1.165) is 20.9 Å². The molecule has 0 amide bonds. The summed E-state index contributed by atoms with van der Waals surface area (Å²) in [5.74, 6) is 0. The molecule has 5 nitrogen and oxygen atoms in total. The highest BCUT2D eigenvalue weighted by atomic mass is 79.9. The lowest BCUT2D eigenvalue weighted by Crippen LogP contribution is -2.18. The van der Waals surface area contributed by atoms with E-state index >= 15 is 0 Å². The van der Waals surface area contributed by atoms with Crippen molar-refractivity contribution >= 4 is 43.1 Å². The van der Waals surface area contributed by atoms with Gasteiger partial charge in [0, 0.05) is 27.1 Å². The van der Waals surface area contributed by atoms with Gasteiger partial charge in [-0.2, -0.15) is 13.5 Å². The quantitative estimate of drug-likeness (QED) is 0.540. The Labute approximate surface area is 136 Å². The Bertz CT molecular complexity index is 931. The molecular formula is C15H12BrN3O2S. The molecule has 7 heteroatoms. The second kappa shape index (κ2) is 5.94. The molecule has 1 heterocycles. The topological polar surface area (TPSA) is 74.3 Å². The molecule has 0 aliphatic heterocycles. The first-order valence-corrected chi connectivity index (χ1v) is 8.70. The van der Waals surface area contributed by atoms with Crippen LogP contribution < -0.4 is 4.83 Å². The van der Waals surface area contributed by atoms with Gasteiger partial charge < -0.3 is 4.98 Å². The maximum Gasteiger partial charge on any atom is 0.276 e. The molecule has 0 radical (unpaired) electrons. The van der Waals surface area contributed by atoms with Crippen LogP contribution in [0.25, 0.3) is 10.9 Å². The van der Waals surface area contributed by atoms with Gasteiger partial charge in [0.25, 0.3) is 10.0 Å². The number of rotatable bonds is 4. The Morgan fingerprint density at radius 2 is 1.82 bits per heavy atom. The van der Waals surface area contributed by atoms with Crippen LogP contribution in [0.1, 0.15) is 5.56 Å². The largest absolute Gasteiger partial charge is 0.361 e. The minimum atomic E-state index is -3.66. The van der Waals surface area contributed by atoms with Crippen LogP contribution in [0.4, 0.5) is 0 Å². The summed E-state index contributed by atoms with van der Waals surface area (Å²) < 4.78 is 25.0. The summed E-state index contributed by atoms with van der Waals surface area (Å²) in [6.45, 7) is 0. The van der Waals surface area contributed by atoms with Crippen LogP contribution in [0.2, 0.25) is 0 Å². The van der Waals surface area contributed by atoms with Crippen LogP contribution >= 0.6 is 15.9 Å². The second-order valence-electron chi connectivity index (χ2n) is 4.60. The Morgan fingerprint density at radius 3 is 2.59 bits per heavy atom. The third-order valence-corrected chi connectivity index (χ3v) is 4.89. The number of benzene rings is 2. The van der Waals surface area contributed by atoms with E-state index in [1.807, 2.05) is 24.3 Å². The van der Waals surface area contributed by atoms with Crippen molar-refractivity contribution in [3.8, 4) is 0 Å². The number of hydrogen-bond donors (Lipinski definition) is 2. The molecular weight excluding hydrogens is 366 g/mol. The van der Waals surface area contributed by atoms with Crippen molar-refractivity contribution < 1.29 is 8.42 Å². The van der Waals surface area contributed by atoms with Crippen LogP contribution in [-0.2, 0) is 10.0 Å². The normalized spacial score (nSPS) is 12.0. The van der Waals surface area contributed by atoms with Crippen molar-refractivity contribution in [2.45, 2.75) is 4.90 Å². The summed E-state index contributed by atoms with van der Waals surface area (Å²) >= 11 is 3.27.